The Morgan fingerprint density at radius 2 is 1.88 bits per heavy atom. The molecule has 5 nitrogen and oxygen atoms in total. The molecule has 2 heterocycles. The third-order valence-corrected chi connectivity index (χ3v) is 7.28. The SMILES string of the molecule is CC(C)(C)OC(=O)N1CCC(c2nccs2)(c2cc(Br)ccc2OCc2ccccc2)CC1. The molecule has 1 aliphatic heterocycles. The van der Waals surface area contributed by atoms with E-state index in [4.69, 9.17) is 14.5 Å². The van der Waals surface area contributed by atoms with Crippen LogP contribution in [0.4, 0.5) is 4.79 Å². The van der Waals surface area contributed by atoms with Crippen LogP contribution in [-0.4, -0.2) is 34.7 Å². The number of hydrogen-bond acceptors (Lipinski definition) is 5. The zero-order valence-electron chi connectivity index (χ0n) is 19.2. The smallest absolute Gasteiger partial charge is 0.410 e. The molecule has 1 aromatic heterocycles. The van der Waals surface area contributed by atoms with E-state index in [2.05, 4.69) is 34.1 Å². The minimum atomic E-state index is -0.510. The van der Waals surface area contributed by atoms with Crippen LogP contribution in [0.2, 0.25) is 0 Å². The number of thiazole rings is 1. The fourth-order valence-electron chi connectivity index (χ4n) is 4.19. The van der Waals surface area contributed by atoms with Gasteiger partial charge in [-0.1, -0.05) is 46.3 Å². The van der Waals surface area contributed by atoms with E-state index in [1.54, 1.807) is 16.2 Å². The Morgan fingerprint density at radius 3 is 2.52 bits per heavy atom. The number of halogens is 1. The third kappa shape index (κ3) is 5.58. The lowest BCUT2D eigenvalue weighted by atomic mass is 9.72. The van der Waals surface area contributed by atoms with Crippen LogP contribution >= 0.6 is 27.3 Å². The molecule has 0 aliphatic carbocycles. The Morgan fingerprint density at radius 1 is 1.15 bits per heavy atom. The predicted octanol–water partition coefficient (Wildman–Crippen LogP) is 6.80. The summed E-state index contributed by atoms with van der Waals surface area (Å²) < 4.78 is 13.0. The van der Waals surface area contributed by atoms with Gasteiger partial charge in [0, 0.05) is 34.7 Å². The highest BCUT2D eigenvalue weighted by atomic mass is 79.9. The zero-order valence-corrected chi connectivity index (χ0v) is 21.6. The molecule has 1 saturated heterocycles. The summed E-state index contributed by atoms with van der Waals surface area (Å²) in [5.41, 5.74) is 1.38. The Bertz CT molecular complexity index is 1070. The number of aromatic nitrogens is 1. The summed E-state index contributed by atoms with van der Waals surface area (Å²) in [6.07, 6.45) is 3.09. The van der Waals surface area contributed by atoms with Crippen molar-refractivity contribution in [2.75, 3.05) is 13.1 Å². The van der Waals surface area contributed by atoms with Crippen molar-refractivity contribution in [2.24, 2.45) is 0 Å². The fraction of sp³-hybridized carbons (Fsp3) is 0.385. The number of benzene rings is 2. The first-order valence-corrected chi connectivity index (χ1v) is 12.8. The second-order valence-electron chi connectivity index (χ2n) is 9.30. The van der Waals surface area contributed by atoms with Crippen molar-refractivity contribution >= 4 is 33.4 Å². The molecule has 0 N–H and O–H groups in total. The normalized spacial score (nSPS) is 15.8. The summed E-state index contributed by atoms with van der Waals surface area (Å²) in [6, 6.07) is 16.3. The average Bonchev–Trinajstić information content (AvgIpc) is 3.33. The van der Waals surface area contributed by atoms with Gasteiger partial charge in [-0.3, -0.25) is 0 Å². The Labute approximate surface area is 207 Å². The molecule has 0 radical (unpaired) electrons. The molecule has 0 saturated carbocycles. The first-order valence-electron chi connectivity index (χ1n) is 11.1. The van der Waals surface area contributed by atoms with E-state index >= 15 is 0 Å². The van der Waals surface area contributed by atoms with E-state index in [1.165, 1.54) is 0 Å². The van der Waals surface area contributed by atoms with Gasteiger partial charge in [0.05, 0.1) is 5.41 Å². The third-order valence-electron chi connectivity index (χ3n) is 5.80. The van der Waals surface area contributed by atoms with Gasteiger partial charge in [-0.2, -0.15) is 0 Å². The maximum Gasteiger partial charge on any atom is 0.410 e. The lowest BCUT2D eigenvalue weighted by molar-refractivity contribution is 0.0179. The number of likely N-dealkylation sites (tertiary alicyclic amines) is 1. The summed E-state index contributed by atoms with van der Waals surface area (Å²) in [6.45, 7) is 7.37. The Balaban J connectivity index is 1.64. The highest BCUT2D eigenvalue weighted by Gasteiger charge is 2.43. The van der Waals surface area contributed by atoms with E-state index < -0.39 is 5.60 Å². The number of hydrogen-bond donors (Lipinski definition) is 0. The van der Waals surface area contributed by atoms with E-state index in [9.17, 15) is 4.79 Å². The van der Waals surface area contributed by atoms with E-state index in [1.807, 2.05) is 62.7 Å². The summed E-state index contributed by atoms with van der Waals surface area (Å²) in [7, 11) is 0. The number of rotatable bonds is 5. The zero-order chi connectivity index (χ0) is 23.5. The average molecular weight is 530 g/mol. The van der Waals surface area contributed by atoms with Gasteiger partial charge in [0.1, 0.15) is 23.0 Å². The van der Waals surface area contributed by atoms with Crippen molar-refractivity contribution in [1.82, 2.24) is 9.88 Å². The molecule has 1 aliphatic rings. The molecule has 7 heteroatoms. The van der Waals surface area contributed by atoms with Gasteiger partial charge >= 0.3 is 6.09 Å². The Hall–Kier alpha value is -2.38. The molecule has 0 spiro atoms. The monoisotopic (exact) mass is 528 g/mol. The van der Waals surface area contributed by atoms with Gasteiger partial charge in [-0.25, -0.2) is 9.78 Å². The molecule has 0 bridgehead atoms. The maximum absolute atomic E-state index is 12.7. The first-order chi connectivity index (χ1) is 15.8. The lowest BCUT2D eigenvalue weighted by Gasteiger charge is -2.41. The second-order valence-corrected chi connectivity index (χ2v) is 11.1. The van der Waals surface area contributed by atoms with Crippen molar-refractivity contribution < 1.29 is 14.3 Å². The molecule has 2 aromatic carbocycles. The molecular formula is C26H29BrN2O3S. The van der Waals surface area contributed by atoms with E-state index in [-0.39, 0.29) is 11.5 Å². The first kappa shape index (κ1) is 23.8. The van der Waals surface area contributed by atoms with Crippen LogP contribution in [-0.2, 0) is 16.8 Å². The van der Waals surface area contributed by atoms with E-state index in [0.29, 0.717) is 19.7 Å². The van der Waals surface area contributed by atoms with Crippen LogP contribution in [0.15, 0.2) is 64.6 Å². The number of ether oxygens (including phenoxy) is 2. The molecule has 0 unspecified atom stereocenters. The molecule has 33 heavy (non-hydrogen) atoms. The molecule has 3 aromatic rings. The topological polar surface area (TPSA) is 51.7 Å². The molecule has 174 valence electrons. The number of carbonyl (C=O) groups is 1. The van der Waals surface area contributed by atoms with Crippen LogP contribution in [0.1, 0.15) is 49.7 Å². The van der Waals surface area contributed by atoms with Crippen molar-refractivity contribution in [3.8, 4) is 5.75 Å². The van der Waals surface area contributed by atoms with Gasteiger partial charge in [-0.05, 0) is 57.4 Å². The Kier molecular flexibility index (Phi) is 7.10. The summed E-state index contributed by atoms with van der Waals surface area (Å²) in [5, 5.41) is 3.06. The number of amides is 1. The van der Waals surface area contributed by atoms with Gasteiger partial charge in [0.25, 0.3) is 0 Å². The minimum absolute atomic E-state index is 0.259. The van der Waals surface area contributed by atoms with Crippen molar-refractivity contribution in [1.29, 1.82) is 0 Å². The van der Waals surface area contributed by atoms with Gasteiger partial charge in [-0.15, -0.1) is 11.3 Å². The predicted molar refractivity (Wildman–Crippen MR) is 135 cm³/mol. The molecule has 0 atom stereocenters. The molecule has 1 fully saturated rings. The van der Waals surface area contributed by atoms with Crippen LogP contribution in [0.5, 0.6) is 5.75 Å². The highest BCUT2D eigenvalue weighted by molar-refractivity contribution is 9.10. The summed E-state index contributed by atoms with van der Waals surface area (Å²) in [5.74, 6) is 0.850. The highest BCUT2D eigenvalue weighted by Crippen LogP contribution is 2.47. The fourth-order valence-corrected chi connectivity index (χ4v) is 5.47. The van der Waals surface area contributed by atoms with Gasteiger partial charge in [0.2, 0.25) is 0 Å². The van der Waals surface area contributed by atoms with Crippen molar-refractivity contribution in [2.45, 2.75) is 51.2 Å². The summed E-state index contributed by atoms with van der Waals surface area (Å²) in [4.78, 5) is 19.2. The van der Waals surface area contributed by atoms with Crippen LogP contribution < -0.4 is 4.74 Å². The van der Waals surface area contributed by atoms with Gasteiger partial charge in [0.15, 0.2) is 0 Å². The number of piperidine rings is 1. The number of nitrogens with zero attached hydrogens (tertiary/aromatic N) is 2. The molecule has 1 amide bonds. The quantitative estimate of drug-likeness (QED) is 0.365. The summed E-state index contributed by atoms with van der Waals surface area (Å²) >= 11 is 5.31. The van der Waals surface area contributed by atoms with Crippen LogP contribution in [0.25, 0.3) is 0 Å². The molecule has 4 rings (SSSR count). The van der Waals surface area contributed by atoms with Crippen molar-refractivity contribution in [3.63, 3.8) is 0 Å². The lowest BCUT2D eigenvalue weighted by Crippen LogP contribution is -2.47. The standard InChI is InChI=1S/C26H29BrN2O3S/c1-25(2,3)32-24(30)29-14-11-26(12-15-29,23-28-13-16-33-23)21-17-20(27)9-10-22(21)31-18-19-7-5-4-6-8-19/h4-10,13,16-17H,11-12,14-15,18H2,1-3H3. The second kappa shape index (κ2) is 9.85. The minimum Gasteiger partial charge on any atom is -0.489 e. The molecular weight excluding hydrogens is 500 g/mol. The largest absolute Gasteiger partial charge is 0.489 e. The van der Waals surface area contributed by atoms with E-state index in [0.717, 1.165) is 39.2 Å². The van der Waals surface area contributed by atoms with Crippen LogP contribution in [0.3, 0.4) is 0 Å². The van der Waals surface area contributed by atoms with Crippen molar-refractivity contribution in [3.05, 3.63) is 80.7 Å². The number of carbonyl (C=O) groups excluding carboxylic acids is 1. The van der Waals surface area contributed by atoms with Crippen LogP contribution in [0, 0.1) is 0 Å². The maximum atomic E-state index is 12.7. The van der Waals surface area contributed by atoms with Gasteiger partial charge < -0.3 is 14.4 Å².